The summed E-state index contributed by atoms with van der Waals surface area (Å²) >= 11 is 1.40. The maximum absolute atomic E-state index is 11.1. The van der Waals surface area contributed by atoms with Crippen LogP contribution in [0.1, 0.15) is 24.8 Å². The van der Waals surface area contributed by atoms with Gasteiger partial charge in [-0.2, -0.15) is 0 Å². The summed E-state index contributed by atoms with van der Waals surface area (Å²) in [6.07, 6.45) is -0.725. The van der Waals surface area contributed by atoms with Gasteiger partial charge >= 0.3 is 5.97 Å². The van der Waals surface area contributed by atoms with Crippen LogP contribution in [-0.4, -0.2) is 11.8 Å². The van der Waals surface area contributed by atoms with Crippen molar-refractivity contribution in [3.63, 3.8) is 0 Å². The first-order valence-electron chi connectivity index (χ1n) is 3.82. The first kappa shape index (κ1) is 9.92. The van der Waals surface area contributed by atoms with Crippen LogP contribution in [0.4, 0.5) is 0 Å². The molecular weight excluding hydrogens is 188 g/mol. The monoisotopic (exact) mass is 198 g/mol. The zero-order valence-electron chi connectivity index (χ0n) is 7.44. The van der Waals surface area contributed by atoms with Crippen LogP contribution in [0, 0.1) is 0 Å². The number of ketones is 1. The van der Waals surface area contributed by atoms with Crippen molar-refractivity contribution in [3.8, 4) is 0 Å². The molecule has 1 heterocycles. The van der Waals surface area contributed by atoms with Crippen molar-refractivity contribution in [3.05, 3.63) is 22.4 Å². The van der Waals surface area contributed by atoms with Gasteiger partial charge in [-0.3, -0.25) is 9.59 Å². The van der Waals surface area contributed by atoms with Gasteiger partial charge < -0.3 is 4.74 Å². The lowest BCUT2D eigenvalue weighted by atomic mass is 10.2. The molecule has 1 rings (SSSR count). The Labute approximate surface area is 80.3 Å². The molecule has 0 aliphatic rings. The van der Waals surface area contributed by atoms with Crippen molar-refractivity contribution in [2.45, 2.75) is 20.0 Å². The summed E-state index contributed by atoms with van der Waals surface area (Å²) < 4.78 is 4.88. The molecule has 1 aromatic rings. The second kappa shape index (κ2) is 4.18. The van der Waals surface area contributed by atoms with Gasteiger partial charge in [0.2, 0.25) is 0 Å². The molecule has 70 valence electrons. The highest BCUT2D eigenvalue weighted by Crippen LogP contribution is 2.23. The van der Waals surface area contributed by atoms with Crippen LogP contribution in [0.3, 0.4) is 0 Å². The largest absolute Gasteiger partial charge is 0.449 e. The van der Waals surface area contributed by atoms with Gasteiger partial charge in [0.05, 0.1) is 4.88 Å². The minimum absolute atomic E-state index is 0.155. The Balaban J connectivity index is 2.81. The van der Waals surface area contributed by atoms with Gasteiger partial charge in [0.15, 0.2) is 11.9 Å². The molecule has 1 aromatic heterocycles. The molecule has 0 spiro atoms. The van der Waals surface area contributed by atoms with E-state index in [4.69, 9.17) is 4.74 Å². The lowest BCUT2D eigenvalue weighted by Gasteiger charge is -2.11. The molecule has 0 N–H and O–H groups in total. The van der Waals surface area contributed by atoms with Crippen molar-refractivity contribution >= 4 is 23.1 Å². The van der Waals surface area contributed by atoms with Gasteiger partial charge in [-0.1, -0.05) is 6.07 Å². The van der Waals surface area contributed by atoms with Crippen LogP contribution < -0.4 is 0 Å². The summed E-state index contributed by atoms with van der Waals surface area (Å²) in [5.74, 6) is -0.591. The smallest absolute Gasteiger partial charge is 0.303 e. The van der Waals surface area contributed by atoms with Crippen molar-refractivity contribution in [2.24, 2.45) is 0 Å². The first-order valence-corrected chi connectivity index (χ1v) is 4.70. The Morgan fingerprint density at radius 3 is 2.54 bits per heavy atom. The maximum atomic E-state index is 11.1. The topological polar surface area (TPSA) is 43.4 Å². The zero-order valence-corrected chi connectivity index (χ0v) is 8.26. The highest BCUT2D eigenvalue weighted by atomic mass is 32.1. The molecule has 3 nitrogen and oxygen atoms in total. The predicted octanol–water partition coefficient (Wildman–Crippen LogP) is 1.94. The minimum atomic E-state index is -0.725. The van der Waals surface area contributed by atoms with E-state index in [9.17, 15) is 9.59 Å². The van der Waals surface area contributed by atoms with Crippen molar-refractivity contribution in [1.29, 1.82) is 0 Å². The number of ether oxygens (including phenoxy) is 1. The Morgan fingerprint density at radius 2 is 2.15 bits per heavy atom. The standard InChI is InChI=1S/C9H10O3S/c1-6(10)9(12-7(2)11)8-4-3-5-13-8/h3-5,9H,1-2H3. The third-order valence-corrected chi connectivity index (χ3v) is 2.37. The van der Waals surface area contributed by atoms with Gasteiger partial charge in [-0.15, -0.1) is 11.3 Å². The second-order valence-corrected chi connectivity index (χ2v) is 3.59. The van der Waals surface area contributed by atoms with Crippen LogP contribution in [0.15, 0.2) is 17.5 Å². The highest BCUT2D eigenvalue weighted by molar-refractivity contribution is 7.10. The van der Waals surface area contributed by atoms with Crippen molar-refractivity contribution in [1.82, 2.24) is 0 Å². The molecular formula is C9H10O3S. The zero-order chi connectivity index (χ0) is 9.84. The quantitative estimate of drug-likeness (QED) is 0.697. The number of Topliss-reactive ketones (excluding diaryl/α,β-unsaturated/α-hetero) is 1. The maximum Gasteiger partial charge on any atom is 0.303 e. The number of hydrogen-bond donors (Lipinski definition) is 0. The van der Waals surface area contributed by atoms with E-state index in [1.807, 2.05) is 11.4 Å². The van der Waals surface area contributed by atoms with E-state index in [0.717, 1.165) is 4.88 Å². The Morgan fingerprint density at radius 1 is 1.46 bits per heavy atom. The van der Waals surface area contributed by atoms with E-state index >= 15 is 0 Å². The van der Waals surface area contributed by atoms with Gasteiger partial charge in [-0.05, 0) is 18.4 Å². The van der Waals surface area contributed by atoms with Crippen LogP contribution >= 0.6 is 11.3 Å². The molecule has 0 saturated heterocycles. The molecule has 0 saturated carbocycles. The lowest BCUT2D eigenvalue weighted by Crippen LogP contribution is -2.14. The van der Waals surface area contributed by atoms with Gasteiger partial charge in [0.25, 0.3) is 0 Å². The number of esters is 1. The summed E-state index contributed by atoms with van der Waals surface area (Å²) in [7, 11) is 0. The lowest BCUT2D eigenvalue weighted by molar-refractivity contribution is -0.152. The average molecular weight is 198 g/mol. The minimum Gasteiger partial charge on any atom is -0.449 e. The molecule has 0 fully saturated rings. The fraction of sp³-hybridized carbons (Fsp3) is 0.333. The first-order chi connectivity index (χ1) is 6.11. The normalized spacial score (nSPS) is 12.2. The van der Waals surface area contributed by atoms with Crippen LogP contribution in [0.5, 0.6) is 0 Å². The van der Waals surface area contributed by atoms with Crippen molar-refractivity contribution in [2.75, 3.05) is 0 Å². The molecule has 0 radical (unpaired) electrons. The Hall–Kier alpha value is -1.16. The molecule has 0 bridgehead atoms. The van der Waals surface area contributed by atoms with Crippen molar-refractivity contribution < 1.29 is 14.3 Å². The van der Waals surface area contributed by atoms with E-state index in [0.29, 0.717) is 0 Å². The molecule has 0 amide bonds. The third kappa shape index (κ3) is 2.66. The summed E-state index contributed by atoms with van der Waals surface area (Å²) in [6.45, 7) is 2.71. The molecule has 13 heavy (non-hydrogen) atoms. The number of carbonyl (C=O) groups excluding carboxylic acids is 2. The van der Waals surface area contributed by atoms with Gasteiger partial charge in [-0.25, -0.2) is 0 Å². The number of rotatable bonds is 3. The number of hydrogen-bond acceptors (Lipinski definition) is 4. The highest BCUT2D eigenvalue weighted by Gasteiger charge is 2.20. The Kier molecular flexibility index (Phi) is 3.19. The van der Waals surface area contributed by atoms with Gasteiger partial charge in [0, 0.05) is 6.92 Å². The molecule has 0 aliphatic heterocycles. The van der Waals surface area contributed by atoms with E-state index < -0.39 is 12.1 Å². The summed E-state index contributed by atoms with van der Waals surface area (Å²) in [6, 6.07) is 3.60. The van der Waals surface area contributed by atoms with Gasteiger partial charge in [0.1, 0.15) is 0 Å². The molecule has 1 unspecified atom stereocenters. The fourth-order valence-electron chi connectivity index (χ4n) is 0.948. The molecule has 0 aromatic carbocycles. The van der Waals surface area contributed by atoms with E-state index in [2.05, 4.69) is 0 Å². The molecule has 0 aliphatic carbocycles. The SMILES string of the molecule is CC(=O)OC(C(C)=O)c1cccs1. The van der Waals surface area contributed by atoms with E-state index in [1.54, 1.807) is 6.07 Å². The average Bonchev–Trinajstić information content (AvgIpc) is 2.50. The molecule has 4 heteroatoms. The molecule has 1 atom stereocenters. The van der Waals surface area contributed by atoms with E-state index in [-0.39, 0.29) is 5.78 Å². The second-order valence-electron chi connectivity index (χ2n) is 2.62. The number of thiophene rings is 1. The van der Waals surface area contributed by atoms with E-state index in [1.165, 1.54) is 25.2 Å². The predicted molar refractivity (Wildman–Crippen MR) is 49.5 cm³/mol. The Bertz CT molecular complexity index is 303. The summed E-state index contributed by atoms with van der Waals surface area (Å²) in [5.41, 5.74) is 0. The number of carbonyl (C=O) groups is 2. The third-order valence-electron chi connectivity index (χ3n) is 1.45. The summed E-state index contributed by atoms with van der Waals surface area (Å²) in [4.78, 5) is 22.6. The van der Waals surface area contributed by atoms with Crippen LogP contribution in [0.25, 0.3) is 0 Å². The summed E-state index contributed by atoms with van der Waals surface area (Å²) in [5, 5.41) is 1.84. The van der Waals surface area contributed by atoms with Crippen LogP contribution in [0.2, 0.25) is 0 Å². The van der Waals surface area contributed by atoms with Crippen LogP contribution in [-0.2, 0) is 14.3 Å². The fourth-order valence-corrected chi connectivity index (χ4v) is 1.76.